The Kier molecular flexibility index (Phi) is 6.79. The number of ether oxygens (including phenoxy) is 1. The number of methoxy groups -OCH3 is 1. The van der Waals surface area contributed by atoms with Crippen molar-refractivity contribution in [2.75, 3.05) is 20.2 Å². The second-order valence-corrected chi connectivity index (χ2v) is 10.9. The predicted octanol–water partition coefficient (Wildman–Crippen LogP) is 4.79. The van der Waals surface area contributed by atoms with Crippen LogP contribution in [-0.2, 0) is 15.7 Å². The molecule has 0 bridgehead atoms. The van der Waals surface area contributed by atoms with Gasteiger partial charge in [0.25, 0.3) is 0 Å². The average Bonchev–Trinajstić information content (AvgIpc) is 3.11. The molecule has 1 fully saturated rings. The maximum absolute atomic E-state index is 12.9. The third-order valence-corrected chi connectivity index (χ3v) is 8.65. The zero-order chi connectivity index (χ0) is 19.7. The molecule has 4 rings (SSSR count). The van der Waals surface area contributed by atoms with Gasteiger partial charge in [-0.1, -0.05) is 12.1 Å². The summed E-state index contributed by atoms with van der Waals surface area (Å²) in [5.74, 6) is 0. The van der Waals surface area contributed by atoms with Crippen LogP contribution in [0.2, 0.25) is 0 Å². The summed E-state index contributed by atoms with van der Waals surface area (Å²) < 4.78 is 23.2. The van der Waals surface area contributed by atoms with Gasteiger partial charge in [0.15, 0.2) is 5.65 Å². The lowest BCUT2D eigenvalue weighted by Crippen LogP contribution is -2.37. The molecule has 1 saturated heterocycles. The topological polar surface area (TPSA) is 60.2 Å². The predicted molar refractivity (Wildman–Crippen MR) is 126 cm³/mol. The summed E-state index contributed by atoms with van der Waals surface area (Å²) in [6.45, 7) is 1.58. The number of aromatic nitrogens is 3. The van der Waals surface area contributed by atoms with Gasteiger partial charge in [-0.3, -0.25) is 0 Å². The molecule has 2 unspecified atom stereocenters. The van der Waals surface area contributed by atoms with Crippen LogP contribution < -0.4 is 0 Å². The molecule has 0 aliphatic carbocycles. The Morgan fingerprint density at radius 3 is 2.64 bits per heavy atom. The molecule has 10 heteroatoms. The Morgan fingerprint density at radius 1 is 1.29 bits per heavy atom. The van der Waals surface area contributed by atoms with Crippen molar-refractivity contribution in [3.8, 4) is 11.3 Å². The standard InChI is InChI=1S/C18H19BrIN4O2PS/c1-26-14-6-8-23(9-7-14)28(25)15-4-2-12(3-5-15)17-16-10-13(19)11-21-18(16)24(22-17)27-20/h2-5,10-11,14,27H,6-9H2,1H3. The van der Waals surface area contributed by atoms with Crippen LogP contribution in [0.5, 0.6) is 0 Å². The van der Waals surface area contributed by atoms with Crippen molar-refractivity contribution in [3.63, 3.8) is 0 Å². The number of pyridine rings is 1. The summed E-state index contributed by atoms with van der Waals surface area (Å²) in [5, 5.41) is 5.75. The maximum Gasteiger partial charge on any atom is 0.162 e. The van der Waals surface area contributed by atoms with Gasteiger partial charge in [-0.25, -0.2) is 18.0 Å². The molecule has 148 valence electrons. The zero-order valence-corrected chi connectivity index (χ0v) is 20.7. The molecule has 1 aliphatic heterocycles. The van der Waals surface area contributed by atoms with Gasteiger partial charge < -0.3 is 4.74 Å². The van der Waals surface area contributed by atoms with Gasteiger partial charge in [0.2, 0.25) is 0 Å². The van der Waals surface area contributed by atoms with Gasteiger partial charge in [-0.15, -0.1) is 0 Å². The minimum atomic E-state index is -1.15. The quantitative estimate of drug-likeness (QED) is 0.316. The summed E-state index contributed by atoms with van der Waals surface area (Å²) in [6, 6.07) is 9.92. The lowest BCUT2D eigenvalue weighted by molar-refractivity contribution is 0.0614. The van der Waals surface area contributed by atoms with Crippen molar-refractivity contribution in [3.05, 3.63) is 41.0 Å². The highest BCUT2D eigenvalue weighted by Crippen LogP contribution is 2.35. The second-order valence-electron chi connectivity index (χ2n) is 6.51. The summed E-state index contributed by atoms with van der Waals surface area (Å²) in [5.41, 5.74) is 2.77. The molecule has 3 aromatic rings. The number of rotatable bonds is 5. The van der Waals surface area contributed by atoms with E-state index >= 15 is 0 Å². The molecular formula is C18H19BrIN4O2PS. The normalized spacial score (nSPS) is 17.7. The van der Waals surface area contributed by atoms with Crippen molar-refractivity contribution in [1.82, 2.24) is 18.8 Å². The summed E-state index contributed by atoms with van der Waals surface area (Å²) in [7, 11) is 0.598. The Hall–Kier alpha value is -0.450. The van der Waals surface area contributed by atoms with E-state index in [1.165, 1.54) is 0 Å². The van der Waals surface area contributed by atoms with Crippen molar-refractivity contribution in [2.45, 2.75) is 23.8 Å². The van der Waals surface area contributed by atoms with E-state index < -0.39 is 11.0 Å². The molecular weight excluding hydrogens is 574 g/mol. The summed E-state index contributed by atoms with van der Waals surface area (Å²) >= 11 is 5.81. The first-order valence-corrected chi connectivity index (χ1v) is 14.8. The largest absolute Gasteiger partial charge is 0.381 e. The van der Waals surface area contributed by atoms with E-state index in [0.717, 1.165) is 57.6 Å². The van der Waals surface area contributed by atoms with Gasteiger partial charge in [0.05, 0.1) is 17.4 Å². The molecule has 1 aromatic carbocycles. The lowest BCUT2D eigenvalue weighted by atomic mass is 10.1. The van der Waals surface area contributed by atoms with Crippen LogP contribution >= 0.6 is 44.3 Å². The first kappa shape index (κ1) is 20.8. The van der Waals surface area contributed by atoms with Crippen molar-refractivity contribution in [1.29, 1.82) is 0 Å². The fourth-order valence-corrected chi connectivity index (χ4v) is 6.31. The van der Waals surface area contributed by atoms with Crippen LogP contribution in [0.25, 0.3) is 22.3 Å². The third kappa shape index (κ3) is 4.20. The third-order valence-electron chi connectivity index (χ3n) is 4.87. The number of fused-ring (bicyclic) bond motifs is 1. The first-order chi connectivity index (χ1) is 13.6. The SMILES string of the molecule is COC1CCN(S(=O)c2ccc(-c3nn(PI)c4ncc(Br)cc34)cc2)CC1. The lowest BCUT2D eigenvalue weighted by Gasteiger charge is -2.29. The Morgan fingerprint density at radius 2 is 2.00 bits per heavy atom. The molecule has 0 N–H and O–H groups in total. The van der Waals surface area contributed by atoms with E-state index in [2.05, 4.69) is 43.0 Å². The van der Waals surface area contributed by atoms with Crippen LogP contribution in [0.15, 0.2) is 45.9 Å². The maximum atomic E-state index is 12.9. The molecule has 2 aromatic heterocycles. The number of halogens is 2. The Bertz CT molecular complexity index is 1010. The van der Waals surface area contributed by atoms with Gasteiger partial charge >= 0.3 is 0 Å². The highest BCUT2D eigenvalue weighted by molar-refractivity contribution is 14.2. The summed E-state index contributed by atoms with van der Waals surface area (Å²) in [4.78, 5) is 5.33. The van der Waals surface area contributed by atoms with Crippen molar-refractivity contribution in [2.24, 2.45) is 0 Å². The molecule has 0 spiro atoms. The average molecular weight is 593 g/mol. The number of nitrogens with zero attached hydrogens (tertiary/aromatic N) is 4. The minimum absolute atomic E-state index is 0.283. The molecule has 2 atom stereocenters. The highest BCUT2D eigenvalue weighted by Gasteiger charge is 2.23. The second kappa shape index (κ2) is 9.14. The Balaban J connectivity index is 1.59. The molecule has 1 aliphatic rings. The fraction of sp³-hybridized carbons (Fsp3) is 0.333. The van der Waals surface area contributed by atoms with Crippen molar-refractivity contribution < 1.29 is 8.95 Å². The van der Waals surface area contributed by atoms with E-state index in [-0.39, 0.29) is 6.10 Å². The smallest absolute Gasteiger partial charge is 0.162 e. The van der Waals surface area contributed by atoms with E-state index in [1.807, 2.05) is 39.1 Å². The Labute approximate surface area is 189 Å². The number of benzene rings is 1. The van der Waals surface area contributed by atoms with Crippen LogP contribution in [0.1, 0.15) is 12.8 Å². The van der Waals surface area contributed by atoms with E-state index in [1.54, 1.807) is 13.3 Å². The van der Waals surface area contributed by atoms with Crippen LogP contribution in [0.4, 0.5) is 0 Å². The van der Waals surface area contributed by atoms with Crippen LogP contribution in [-0.4, -0.2) is 49.4 Å². The molecule has 3 heterocycles. The first-order valence-electron chi connectivity index (χ1n) is 8.81. The van der Waals surface area contributed by atoms with E-state index in [4.69, 9.17) is 9.84 Å². The zero-order valence-electron chi connectivity index (χ0n) is 15.1. The van der Waals surface area contributed by atoms with E-state index in [0.29, 0.717) is 6.37 Å². The van der Waals surface area contributed by atoms with Crippen LogP contribution in [0, 0.1) is 0 Å². The molecule has 0 saturated carbocycles. The molecule has 0 radical (unpaired) electrons. The van der Waals surface area contributed by atoms with Crippen LogP contribution in [0.3, 0.4) is 0 Å². The fourth-order valence-electron chi connectivity index (χ4n) is 3.36. The van der Waals surface area contributed by atoms with Gasteiger partial charge in [-0.2, -0.15) is 5.10 Å². The van der Waals surface area contributed by atoms with E-state index in [9.17, 15) is 4.21 Å². The van der Waals surface area contributed by atoms with Crippen molar-refractivity contribution >= 4 is 66.4 Å². The molecule has 6 nitrogen and oxygen atoms in total. The number of hydrogen-bond donors (Lipinski definition) is 0. The minimum Gasteiger partial charge on any atom is -0.381 e. The molecule has 0 amide bonds. The monoisotopic (exact) mass is 592 g/mol. The highest BCUT2D eigenvalue weighted by atomic mass is 127. The summed E-state index contributed by atoms with van der Waals surface area (Å²) in [6.07, 6.45) is 4.39. The molecule has 28 heavy (non-hydrogen) atoms. The van der Waals surface area contributed by atoms with Gasteiger partial charge in [-0.05, 0) is 69.0 Å². The van der Waals surface area contributed by atoms with Gasteiger partial charge in [0.1, 0.15) is 16.7 Å². The number of piperidine rings is 1. The van der Waals surface area contributed by atoms with Gasteiger partial charge in [0, 0.05) is 41.8 Å². The number of hydrogen-bond acceptors (Lipinski definition) is 4.